The van der Waals surface area contributed by atoms with Gasteiger partial charge in [0.2, 0.25) is 0 Å². The third-order valence-corrected chi connectivity index (χ3v) is 4.92. The lowest BCUT2D eigenvalue weighted by Gasteiger charge is -2.12. The minimum absolute atomic E-state index is 0.279. The highest BCUT2D eigenvalue weighted by Gasteiger charge is 2.14. The van der Waals surface area contributed by atoms with Gasteiger partial charge >= 0.3 is 0 Å². The van der Waals surface area contributed by atoms with E-state index in [0.717, 1.165) is 16.8 Å². The minimum atomic E-state index is -0.279. The monoisotopic (exact) mass is 418 g/mol. The first-order chi connectivity index (χ1) is 15.1. The lowest BCUT2D eigenvalue weighted by atomic mass is 10.1. The molecule has 0 aliphatic heterocycles. The maximum Gasteiger partial charge on any atom is 0.255 e. The lowest BCUT2D eigenvalue weighted by molar-refractivity contribution is 0.102. The fraction of sp³-hybridized carbons (Fsp3) is 0.174. The van der Waals surface area contributed by atoms with Crippen LogP contribution in [-0.2, 0) is 6.54 Å². The number of fused-ring (bicyclic) bond motifs is 1. The van der Waals surface area contributed by atoms with Crippen LogP contribution in [0.5, 0.6) is 17.2 Å². The number of nitrogens with zero attached hydrogens (tertiary/aromatic N) is 3. The van der Waals surface area contributed by atoms with Crippen LogP contribution in [0.15, 0.2) is 60.7 Å². The van der Waals surface area contributed by atoms with Crippen molar-refractivity contribution in [1.82, 2.24) is 15.0 Å². The molecule has 4 rings (SSSR count). The quantitative estimate of drug-likeness (QED) is 0.492. The van der Waals surface area contributed by atoms with Crippen molar-refractivity contribution in [3.05, 3.63) is 71.8 Å². The fourth-order valence-corrected chi connectivity index (χ4v) is 3.24. The summed E-state index contributed by atoms with van der Waals surface area (Å²) in [5.41, 5.74) is 3.54. The Kier molecular flexibility index (Phi) is 5.70. The average Bonchev–Trinajstić information content (AvgIpc) is 3.21. The lowest BCUT2D eigenvalue weighted by Crippen LogP contribution is -2.12. The third kappa shape index (κ3) is 4.28. The summed E-state index contributed by atoms with van der Waals surface area (Å²) in [6.45, 7) is 0.563. The van der Waals surface area contributed by atoms with Gasteiger partial charge in [-0.1, -0.05) is 17.3 Å². The third-order valence-electron chi connectivity index (χ3n) is 4.92. The molecule has 0 fully saturated rings. The number of carbonyl (C=O) groups excluding carboxylic acids is 1. The normalized spacial score (nSPS) is 10.7. The van der Waals surface area contributed by atoms with Gasteiger partial charge in [0.15, 0.2) is 0 Å². The largest absolute Gasteiger partial charge is 0.497 e. The van der Waals surface area contributed by atoms with Crippen molar-refractivity contribution in [2.75, 3.05) is 26.6 Å². The van der Waals surface area contributed by atoms with Crippen LogP contribution >= 0.6 is 0 Å². The molecule has 1 aromatic heterocycles. The van der Waals surface area contributed by atoms with Crippen molar-refractivity contribution >= 4 is 22.6 Å². The van der Waals surface area contributed by atoms with Crippen molar-refractivity contribution in [1.29, 1.82) is 0 Å². The maximum absolute atomic E-state index is 12.8. The second-order valence-corrected chi connectivity index (χ2v) is 6.82. The van der Waals surface area contributed by atoms with Gasteiger partial charge in [0.25, 0.3) is 5.91 Å². The van der Waals surface area contributed by atoms with Gasteiger partial charge in [0.1, 0.15) is 22.8 Å². The van der Waals surface area contributed by atoms with Crippen LogP contribution in [0.3, 0.4) is 0 Å². The topological polar surface area (TPSA) is 87.5 Å². The molecule has 0 bridgehead atoms. The predicted molar refractivity (Wildman–Crippen MR) is 117 cm³/mol. The van der Waals surface area contributed by atoms with Gasteiger partial charge in [0, 0.05) is 11.6 Å². The van der Waals surface area contributed by atoms with E-state index in [0.29, 0.717) is 34.8 Å². The van der Waals surface area contributed by atoms with E-state index in [1.165, 1.54) is 0 Å². The number of nitrogens with one attached hydrogen (secondary N) is 1. The number of methoxy groups -OCH3 is 3. The summed E-state index contributed by atoms with van der Waals surface area (Å²) in [6, 6.07) is 18.3. The predicted octanol–water partition coefficient (Wildman–Crippen LogP) is 3.76. The van der Waals surface area contributed by atoms with E-state index in [-0.39, 0.29) is 5.91 Å². The van der Waals surface area contributed by atoms with Gasteiger partial charge in [-0.05, 0) is 48.0 Å². The molecule has 1 amide bonds. The van der Waals surface area contributed by atoms with Crippen molar-refractivity contribution in [3.8, 4) is 17.2 Å². The van der Waals surface area contributed by atoms with Crippen LogP contribution in [0.1, 0.15) is 15.9 Å². The van der Waals surface area contributed by atoms with E-state index in [1.807, 2.05) is 30.3 Å². The number of ether oxygens (including phenoxy) is 3. The molecule has 1 heterocycles. The molecule has 8 nitrogen and oxygen atoms in total. The molecule has 31 heavy (non-hydrogen) atoms. The molecule has 0 atom stereocenters. The molecule has 8 heteroatoms. The number of hydrogen-bond donors (Lipinski definition) is 1. The van der Waals surface area contributed by atoms with Crippen molar-refractivity contribution in [2.24, 2.45) is 0 Å². The Morgan fingerprint density at radius 3 is 2.35 bits per heavy atom. The van der Waals surface area contributed by atoms with Crippen LogP contribution < -0.4 is 19.5 Å². The molecular formula is C23H22N4O4. The number of anilines is 1. The number of hydrogen-bond acceptors (Lipinski definition) is 6. The first kappa shape index (κ1) is 20.2. The summed E-state index contributed by atoms with van der Waals surface area (Å²) < 4.78 is 17.5. The Morgan fingerprint density at radius 2 is 1.65 bits per heavy atom. The molecule has 158 valence electrons. The summed E-state index contributed by atoms with van der Waals surface area (Å²) in [7, 11) is 4.75. The number of aromatic nitrogens is 3. The van der Waals surface area contributed by atoms with Gasteiger partial charge in [-0.25, -0.2) is 4.68 Å². The van der Waals surface area contributed by atoms with Gasteiger partial charge in [-0.3, -0.25) is 4.79 Å². The SMILES string of the molecule is COc1ccc(Cn2nnc3cc(C(=O)Nc4cc(OC)ccc4OC)ccc32)cc1. The Balaban J connectivity index is 1.55. The van der Waals surface area contributed by atoms with E-state index in [1.54, 1.807) is 56.3 Å². The summed E-state index contributed by atoms with van der Waals surface area (Å²) >= 11 is 0. The van der Waals surface area contributed by atoms with Crippen LogP contribution in [0.25, 0.3) is 11.0 Å². The number of amides is 1. The van der Waals surface area contributed by atoms with E-state index in [9.17, 15) is 4.79 Å². The fourth-order valence-electron chi connectivity index (χ4n) is 3.24. The highest BCUT2D eigenvalue weighted by Crippen LogP contribution is 2.29. The van der Waals surface area contributed by atoms with E-state index in [2.05, 4.69) is 15.6 Å². The van der Waals surface area contributed by atoms with Gasteiger partial charge in [-0.2, -0.15) is 0 Å². The van der Waals surface area contributed by atoms with Gasteiger partial charge in [0.05, 0.1) is 39.1 Å². The Morgan fingerprint density at radius 1 is 0.903 bits per heavy atom. The summed E-state index contributed by atoms with van der Waals surface area (Å²) in [5, 5.41) is 11.3. The number of carbonyl (C=O) groups is 1. The zero-order chi connectivity index (χ0) is 21.8. The molecule has 0 saturated heterocycles. The van der Waals surface area contributed by atoms with Crippen molar-refractivity contribution < 1.29 is 19.0 Å². The summed E-state index contributed by atoms with van der Waals surface area (Å²) in [5.74, 6) is 1.68. The van der Waals surface area contributed by atoms with Crippen molar-refractivity contribution in [3.63, 3.8) is 0 Å². The Bertz CT molecular complexity index is 1220. The second kappa shape index (κ2) is 8.74. The highest BCUT2D eigenvalue weighted by molar-refractivity contribution is 6.06. The highest BCUT2D eigenvalue weighted by atomic mass is 16.5. The summed E-state index contributed by atoms with van der Waals surface area (Å²) in [6.07, 6.45) is 0. The zero-order valence-corrected chi connectivity index (χ0v) is 17.5. The van der Waals surface area contributed by atoms with Gasteiger partial charge < -0.3 is 19.5 Å². The van der Waals surface area contributed by atoms with E-state index < -0.39 is 0 Å². The smallest absolute Gasteiger partial charge is 0.255 e. The van der Waals surface area contributed by atoms with Crippen LogP contribution in [0.2, 0.25) is 0 Å². The molecule has 3 aromatic carbocycles. The zero-order valence-electron chi connectivity index (χ0n) is 17.5. The first-order valence-electron chi connectivity index (χ1n) is 9.61. The molecule has 4 aromatic rings. The van der Waals surface area contributed by atoms with Crippen LogP contribution in [0.4, 0.5) is 5.69 Å². The van der Waals surface area contributed by atoms with Gasteiger partial charge in [-0.15, -0.1) is 5.10 Å². The first-order valence-corrected chi connectivity index (χ1v) is 9.61. The molecule has 0 unspecified atom stereocenters. The van der Waals surface area contributed by atoms with E-state index >= 15 is 0 Å². The van der Waals surface area contributed by atoms with Crippen molar-refractivity contribution in [2.45, 2.75) is 6.54 Å². The summed E-state index contributed by atoms with van der Waals surface area (Å²) in [4.78, 5) is 12.8. The molecule has 0 aliphatic carbocycles. The minimum Gasteiger partial charge on any atom is -0.497 e. The number of rotatable bonds is 7. The molecule has 0 saturated carbocycles. The standard InChI is InChI=1S/C23H22N4O4/c1-29-17-7-4-15(5-8-17)14-27-21-10-6-16(12-19(21)25-26-27)23(28)24-20-13-18(30-2)9-11-22(20)31-3/h4-13H,14H2,1-3H3,(H,24,28). The Labute approximate surface area is 179 Å². The van der Waals surface area contributed by atoms with E-state index in [4.69, 9.17) is 14.2 Å². The molecule has 1 N–H and O–H groups in total. The van der Waals surface area contributed by atoms with Crippen LogP contribution in [-0.4, -0.2) is 42.2 Å². The molecule has 0 spiro atoms. The molecular weight excluding hydrogens is 396 g/mol. The molecule has 0 aliphatic rings. The van der Waals surface area contributed by atoms with Crippen LogP contribution in [0, 0.1) is 0 Å². The maximum atomic E-state index is 12.8. The second-order valence-electron chi connectivity index (χ2n) is 6.82. The average molecular weight is 418 g/mol. The Hall–Kier alpha value is -4.07. The molecule has 0 radical (unpaired) electrons. The number of benzene rings is 3.